The quantitative estimate of drug-likeness (QED) is 0.798. The van der Waals surface area contributed by atoms with Crippen LogP contribution in [0.3, 0.4) is 0 Å². The SMILES string of the molecule is C[C@H]1CO[C@@H](c2cccc(Cl)c2)CN1CC1=CCCOC1. The molecule has 0 bridgehead atoms. The van der Waals surface area contributed by atoms with E-state index >= 15 is 0 Å². The van der Waals surface area contributed by atoms with Crippen LogP contribution in [0.25, 0.3) is 0 Å². The van der Waals surface area contributed by atoms with Gasteiger partial charge in [-0.15, -0.1) is 0 Å². The second kappa shape index (κ2) is 6.93. The van der Waals surface area contributed by atoms with E-state index in [0.717, 1.165) is 49.9 Å². The van der Waals surface area contributed by atoms with Gasteiger partial charge in [-0.2, -0.15) is 0 Å². The average molecular weight is 308 g/mol. The molecule has 4 heteroatoms. The van der Waals surface area contributed by atoms with Gasteiger partial charge >= 0.3 is 0 Å². The lowest BCUT2D eigenvalue weighted by atomic mass is 10.0. The predicted octanol–water partition coefficient (Wildman–Crippen LogP) is 3.45. The number of morpholine rings is 1. The summed E-state index contributed by atoms with van der Waals surface area (Å²) in [6.07, 6.45) is 3.45. The van der Waals surface area contributed by atoms with Gasteiger partial charge in [0.1, 0.15) is 0 Å². The van der Waals surface area contributed by atoms with E-state index in [1.165, 1.54) is 5.57 Å². The van der Waals surface area contributed by atoms with Crippen LogP contribution in [-0.4, -0.2) is 43.9 Å². The Kier molecular flexibility index (Phi) is 4.96. The van der Waals surface area contributed by atoms with Gasteiger partial charge in [0, 0.05) is 24.2 Å². The number of hydrogen-bond donors (Lipinski definition) is 0. The van der Waals surface area contributed by atoms with Crippen LogP contribution >= 0.6 is 11.6 Å². The summed E-state index contributed by atoms with van der Waals surface area (Å²) in [6, 6.07) is 8.42. The van der Waals surface area contributed by atoms with Crippen LogP contribution in [0.15, 0.2) is 35.9 Å². The lowest BCUT2D eigenvalue weighted by Gasteiger charge is -2.39. The smallest absolute Gasteiger partial charge is 0.0953 e. The Bertz CT molecular complexity index is 517. The zero-order chi connectivity index (χ0) is 14.7. The van der Waals surface area contributed by atoms with E-state index in [0.29, 0.717) is 6.04 Å². The highest BCUT2D eigenvalue weighted by molar-refractivity contribution is 6.30. The number of halogens is 1. The number of nitrogens with zero attached hydrogens (tertiary/aromatic N) is 1. The lowest BCUT2D eigenvalue weighted by molar-refractivity contribution is -0.0577. The fourth-order valence-electron chi connectivity index (χ4n) is 2.91. The van der Waals surface area contributed by atoms with Crippen molar-refractivity contribution in [3.05, 3.63) is 46.5 Å². The van der Waals surface area contributed by atoms with Gasteiger partial charge in [0.25, 0.3) is 0 Å². The molecule has 0 aromatic heterocycles. The second-order valence-corrected chi connectivity index (χ2v) is 6.30. The third-order valence-electron chi connectivity index (χ3n) is 4.17. The van der Waals surface area contributed by atoms with E-state index in [9.17, 15) is 0 Å². The molecule has 1 aromatic rings. The van der Waals surface area contributed by atoms with Crippen molar-refractivity contribution in [1.29, 1.82) is 0 Å². The Morgan fingerprint density at radius 2 is 2.29 bits per heavy atom. The molecular weight excluding hydrogens is 286 g/mol. The minimum Gasteiger partial charge on any atom is -0.377 e. The number of ether oxygens (including phenoxy) is 2. The van der Waals surface area contributed by atoms with E-state index in [1.54, 1.807) is 0 Å². The highest BCUT2D eigenvalue weighted by Crippen LogP contribution is 2.27. The Morgan fingerprint density at radius 1 is 1.38 bits per heavy atom. The molecule has 2 heterocycles. The maximum absolute atomic E-state index is 6.09. The molecule has 2 aliphatic heterocycles. The molecule has 0 unspecified atom stereocenters. The largest absolute Gasteiger partial charge is 0.377 e. The summed E-state index contributed by atoms with van der Waals surface area (Å²) in [4.78, 5) is 2.48. The molecule has 1 fully saturated rings. The first-order chi connectivity index (χ1) is 10.2. The molecule has 0 spiro atoms. The summed E-state index contributed by atoms with van der Waals surface area (Å²) in [7, 11) is 0. The van der Waals surface area contributed by atoms with Crippen LogP contribution in [0.1, 0.15) is 25.0 Å². The highest BCUT2D eigenvalue weighted by Gasteiger charge is 2.27. The first-order valence-electron chi connectivity index (χ1n) is 7.59. The van der Waals surface area contributed by atoms with Crippen LogP contribution in [0.4, 0.5) is 0 Å². The minimum atomic E-state index is 0.102. The van der Waals surface area contributed by atoms with Gasteiger partial charge in [0.15, 0.2) is 0 Å². The molecule has 21 heavy (non-hydrogen) atoms. The van der Waals surface area contributed by atoms with E-state index in [1.807, 2.05) is 18.2 Å². The number of rotatable bonds is 3. The average Bonchev–Trinajstić information content (AvgIpc) is 2.50. The maximum atomic E-state index is 6.09. The summed E-state index contributed by atoms with van der Waals surface area (Å²) in [5.74, 6) is 0. The Morgan fingerprint density at radius 3 is 3.05 bits per heavy atom. The molecule has 2 aliphatic rings. The Balaban J connectivity index is 1.68. The molecular formula is C17H22ClNO2. The van der Waals surface area contributed by atoms with Gasteiger partial charge in [-0.3, -0.25) is 4.90 Å². The van der Waals surface area contributed by atoms with Crippen molar-refractivity contribution in [1.82, 2.24) is 4.90 Å². The van der Waals surface area contributed by atoms with Crippen molar-refractivity contribution in [3.8, 4) is 0 Å². The van der Waals surface area contributed by atoms with Gasteiger partial charge in [0.2, 0.25) is 0 Å². The van der Waals surface area contributed by atoms with Gasteiger partial charge in [-0.25, -0.2) is 0 Å². The maximum Gasteiger partial charge on any atom is 0.0953 e. The molecule has 1 aromatic carbocycles. The normalized spacial score (nSPS) is 27.4. The van der Waals surface area contributed by atoms with Crippen molar-refractivity contribution >= 4 is 11.6 Å². The van der Waals surface area contributed by atoms with E-state index in [-0.39, 0.29) is 6.10 Å². The van der Waals surface area contributed by atoms with Gasteiger partial charge < -0.3 is 9.47 Å². The highest BCUT2D eigenvalue weighted by atomic mass is 35.5. The summed E-state index contributed by atoms with van der Waals surface area (Å²) in [5, 5.41) is 0.768. The summed E-state index contributed by atoms with van der Waals surface area (Å²) in [6.45, 7) is 6.48. The predicted molar refractivity (Wildman–Crippen MR) is 84.7 cm³/mol. The van der Waals surface area contributed by atoms with Crippen LogP contribution < -0.4 is 0 Å². The van der Waals surface area contributed by atoms with Crippen molar-refractivity contribution in [2.75, 3.05) is 32.9 Å². The van der Waals surface area contributed by atoms with Crippen LogP contribution in [0, 0.1) is 0 Å². The zero-order valence-corrected chi connectivity index (χ0v) is 13.2. The molecule has 1 saturated heterocycles. The van der Waals surface area contributed by atoms with Crippen molar-refractivity contribution in [2.24, 2.45) is 0 Å². The molecule has 2 atom stereocenters. The zero-order valence-electron chi connectivity index (χ0n) is 12.4. The molecule has 3 rings (SSSR count). The Hall–Kier alpha value is -0.870. The van der Waals surface area contributed by atoms with Crippen molar-refractivity contribution < 1.29 is 9.47 Å². The number of benzene rings is 1. The monoisotopic (exact) mass is 307 g/mol. The Labute approximate surface area is 131 Å². The van der Waals surface area contributed by atoms with Crippen LogP contribution in [-0.2, 0) is 9.47 Å². The molecule has 0 aliphatic carbocycles. The molecule has 0 radical (unpaired) electrons. The number of hydrogen-bond acceptors (Lipinski definition) is 3. The summed E-state index contributed by atoms with van der Waals surface area (Å²) >= 11 is 6.09. The van der Waals surface area contributed by atoms with E-state index < -0.39 is 0 Å². The van der Waals surface area contributed by atoms with Gasteiger partial charge in [0.05, 0.1) is 25.9 Å². The molecule has 114 valence electrons. The van der Waals surface area contributed by atoms with Crippen molar-refractivity contribution in [3.63, 3.8) is 0 Å². The van der Waals surface area contributed by atoms with Gasteiger partial charge in [-0.1, -0.05) is 29.8 Å². The lowest BCUT2D eigenvalue weighted by Crippen LogP contribution is -2.46. The standard InChI is InChI=1S/C17H22ClNO2/c1-13-11-21-17(15-5-2-6-16(18)8-15)10-19(13)9-14-4-3-7-20-12-14/h2,4-6,8,13,17H,3,7,9-12H2,1H3/t13-,17+/m0/s1. The third-order valence-corrected chi connectivity index (χ3v) is 4.41. The van der Waals surface area contributed by atoms with E-state index in [2.05, 4.69) is 24.0 Å². The second-order valence-electron chi connectivity index (χ2n) is 5.86. The van der Waals surface area contributed by atoms with Gasteiger partial charge in [-0.05, 0) is 36.6 Å². The first kappa shape index (κ1) is 15.0. The summed E-state index contributed by atoms with van der Waals surface area (Å²) < 4.78 is 11.5. The fraction of sp³-hybridized carbons (Fsp3) is 0.529. The first-order valence-corrected chi connectivity index (χ1v) is 7.97. The molecule has 0 amide bonds. The molecule has 0 saturated carbocycles. The topological polar surface area (TPSA) is 21.7 Å². The molecule has 0 N–H and O–H groups in total. The molecule has 3 nitrogen and oxygen atoms in total. The summed E-state index contributed by atoms with van der Waals surface area (Å²) in [5.41, 5.74) is 2.55. The fourth-order valence-corrected chi connectivity index (χ4v) is 3.11. The third kappa shape index (κ3) is 3.86. The minimum absolute atomic E-state index is 0.102. The van der Waals surface area contributed by atoms with Crippen LogP contribution in [0.2, 0.25) is 5.02 Å². The van der Waals surface area contributed by atoms with E-state index in [4.69, 9.17) is 21.1 Å². The van der Waals surface area contributed by atoms with Crippen molar-refractivity contribution in [2.45, 2.75) is 25.5 Å². The van der Waals surface area contributed by atoms with Crippen LogP contribution in [0.5, 0.6) is 0 Å².